The first-order valence-electron chi connectivity index (χ1n) is 4.26. The zero-order valence-electron chi connectivity index (χ0n) is 8.22. The van der Waals surface area contributed by atoms with Gasteiger partial charge in [0, 0.05) is 0 Å². The van der Waals surface area contributed by atoms with Gasteiger partial charge < -0.3 is 4.74 Å². The number of rotatable bonds is 2. The molecule has 0 saturated carbocycles. The standard InChI is InChI=1S/C10H8ClF3O2/c1-16-9(15)8(11)6-4-2-3-5-7(6)10(12,13)14/h2-5,8H,1H3. The Morgan fingerprint density at radius 3 is 2.44 bits per heavy atom. The number of hydrogen-bond acceptors (Lipinski definition) is 2. The third-order valence-electron chi connectivity index (χ3n) is 1.95. The Kier molecular flexibility index (Phi) is 3.80. The number of benzene rings is 1. The average Bonchev–Trinajstić information content (AvgIpc) is 2.26. The van der Waals surface area contributed by atoms with Gasteiger partial charge in [-0.15, -0.1) is 11.6 Å². The lowest BCUT2D eigenvalue weighted by Gasteiger charge is -2.15. The molecule has 0 aliphatic rings. The van der Waals surface area contributed by atoms with Crippen LogP contribution in [0.15, 0.2) is 24.3 Å². The lowest BCUT2D eigenvalue weighted by Crippen LogP contribution is -2.15. The highest BCUT2D eigenvalue weighted by atomic mass is 35.5. The van der Waals surface area contributed by atoms with E-state index >= 15 is 0 Å². The van der Waals surface area contributed by atoms with Gasteiger partial charge in [0.25, 0.3) is 0 Å². The number of hydrogen-bond donors (Lipinski definition) is 0. The fourth-order valence-corrected chi connectivity index (χ4v) is 1.49. The van der Waals surface area contributed by atoms with Crippen LogP contribution in [0.2, 0.25) is 0 Å². The highest BCUT2D eigenvalue weighted by Crippen LogP contribution is 2.36. The Balaban J connectivity index is 3.19. The predicted octanol–water partition coefficient (Wildman–Crippen LogP) is 3.16. The van der Waals surface area contributed by atoms with Gasteiger partial charge in [-0.2, -0.15) is 13.2 Å². The third kappa shape index (κ3) is 2.66. The minimum Gasteiger partial charge on any atom is -0.468 e. The van der Waals surface area contributed by atoms with Crippen LogP contribution in [0.25, 0.3) is 0 Å². The van der Waals surface area contributed by atoms with E-state index in [2.05, 4.69) is 4.74 Å². The summed E-state index contributed by atoms with van der Waals surface area (Å²) in [5.41, 5.74) is -1.23. The van der Waals surface area contributed by atoms with Gasteiger partial charge in [-0.3, -0.25) is 4.79 Å². The highest BCUT2D eigenvalue weighted by Gasteiger charge is 2.36. The first-order chi connectivity index (χ1) is 7.38. The molecule has 16 heavy (non-hydrogen) atoms. The van der Waals surface area contributed by atoms with Crippen molar-refractivity contribution in [3.63, 3.8) is 0 Å². The molecule has 2 nitrogen and oxygen atoms in total. The molecule has 1 aromatic carbocycles. The molecule has 6 heteroatoms. The van der Waals surface area contributed by atoms with Crippen molar-refractivity contribution in [3.05, 3.63) is 35.4 Å². The minimum absolute atomic E-state index is 0.302. The van der Waals surface area contributed by atoms with Gasteiger partial charge in [-0.05, 0) is 11.6 Å². The summed E-state index contributed by atoms with van der Waals surface area (Å²) in [5, 5.41) is -1.46. The number of methoxy groups -OCH3 is 1. The molecule has 1 atom stereocenters. The number of ether oxygens (including phenoxy) is 1. The van der Waals surface area contributed by atoms with Crippen LogP contribution in [-0.2, 0) is 15.7 Å². The van der Waals surface area contributed by atoms with Crippen molar-refractivity contribution in [3.8, 4) is 0 Å². The number of carbonyl (C=O) groups excluding carboxylic acids is 1. The molecule has 0 aliphatic carbocycles. The quantitative estimate of drug-likeness (QED) is 0.597. The molecule has 1 unspecified atom stereocenters. The molecule has 0 N–H and O–H groups in total. The van der Waals surface area contributed by atoms with Crippen molar-refractivity contribution < 1.29 is 22.7 Å². The molecule has 0 amide bonds. The van der Waals surface area contributed by atoms with Crippen LogP contribution in [0.4, 0.5) is 13.2 Å². The van der Waals surface area contributed by atoms with Crippen molar-refractivity contribution in [1.82, 2.24) is 0 Å². The summed E-state index contributed by atoms with van der Waals surface area (Å²) in [6.45, 7) is 0. The summed E-state index contributed by atoms with van der Waals surface area (Å²) in [5.74, 6) is -0.918. The Bertz CT molecular complexity index is 390. The second-order valence-corrected chi connectivity index (χ2v) is 3.41. The lowest BCUT2D eigenvalue weighted by atomic mass is 10.0. The van der Waals surface area contributed by atoms with E-state index in [-0.39, 0.29) is 5.56 Å². The third-order valence-corrected chi connectivity index (χ3v) is 2.36. The molecule has 1 rings (SSSR count). The summed E-state index contributed by atoms with van der Waals surface area (Å²) in [4.78, 5) is 11.1. The van der Waals surface area contributed by atoms with E-state index in [4.69, 9.17) is 11.6 Å². The van der Waals surface area contributed by atoms with E-state index in [9.17, 15) is 18.0 Å². The fourth-order valence-electron chi connectivity index (χ4n) is 1.21. The molecule has 0 aromatic heterocycles. The molecule has 0 saturated heterocycles. The topological polar surface area (TPSA) is 26.3 Å². The number of alkyl halides is 4. The number of esters is 1. The maximum Gasteiger partial charge on any atom is 0.416 e. The van der Waals surface area contributed by atoms with Crippen LogP contribution in [0.1, 0.15) is 16.5 Å². The van der Waals surface area contributed by atoms with Gasteiger partial charge >= 0.3 is 12.1 Å². The summed E-state index contributed by atoms with van der Waals surface area (Å²) in [7, 11) is 1.06. The molecular weight excluding hydrogens is 245 g/mol. The van der Waals surface area contributed by atoms with Crippen LogP contribution in [0.3, 0.4) is 0 Å². The van der Waals surface area contributed by atoms with Gasteiger partial charge in [0.15, 0.2) is 5.38 Å². The zero-order valence-corrected chi connectivity index (χ0v) is 8.97. The normalized spacial score (nSPS) is 13.3. The summed E-state index contributed by atoms with van der Waals surface area (Å²) in [6, 6.07) is 4.63. The van der Waals surface area contributed by atoms with Gasteiger partial charge in [0.2, 0.25) is 0 Å². The van der Waals surface area contributed by atoms with Crippen LogP contribution in [-0.4, -0.2) is 13.1 Å². The van der Waals surface area contributed by atoms with Gasteiger partial charge in [0.05, 0.1) is 12.7 Å². The van der Waals surface area contributed by atoms with E-state index in [1.54, 1.807) is 0 Å². The Hall–Kier alpha value is -1.23. The second-order valence-electron chi connectivity index (χ2n) is 2.97. The van der Waals surface area contributed by atoms with E-state index in [1.807, 2.05) is 0 Å². The van der Waals surface area contributed by atoms with Crippen molar-refractivity contribution in [2.75, 3.05) is 7.11 Å². The predicted molar refractivity (Wildman–Crippen MR) is 52.1 cm³/mol. The molecule has 0 radical (unpaired) electrons. The summed E-state index contributed by atoms with van der Waals surface area (Å²) >= 11 is 5.59. The molecule has 1 aromatic rings. The minimum atomic E-state index is -4.54. The molecular formula is C10H8ClF3O2. The number of halogens is 4. The monoisotopic (exact) mass is 252 g/mol. The second kappa shape index (κ2) is 4.74. The molecule has 0 aliphatic heterocycles. The van der Waals surface area contributed by atoms with Crippen LogP contribution in [0, 0.1) is 0 Å². The summed E-state index contributed by atoms with van der Waals surface area (Å²) < 4.78 is 42.0. The van der Waals surface area contributed by atoms with Gasteiger partial charge in [0.1, 0.15) is 0 Å². The lowest BCUT2D eigenvalue weighted by molar-refractivity contribution is -0.142. The van der Waals surface area contributed by atoms with Crippen molar-refractivity contribution in [2.24, 2.45) is 0 Å². The molecule has 0 bridgehead atoms. The maximum absolute atomic E-state index is 12.6. The Labute approximate surface area is 95.0 Å². The van der Waals surface area contributed by atoms with Crippen LogP contribution in [0.5, 0.6) is 0 Å². The van der Waals surface area contributed by atoms with Crippen molar-refractivity contribution in [1.29, 1.82) is 0 Å². The Morgan fingerprint density at radius 1 is 1.38 bits per heavy atom. The van der Waals surface area contributed by atoms with Gasteiger partial charge in [-0.1, -0.05) is 18.2 Å². The van der Waals surface area contributed by atoms with Crippen molar-refractivity contribution in [2.45, 2.75) is 11.6 Å². The SMILES string of the molecule is COC(=O)C(Cl)c1ccccc1C(F)(F)F. The Morgan fingerprint density at radius 2 is 1.94 bits per heavy atom. The zero-order chi connectivity index (χ0) is 12.3. The largest absolute Gasteiger partial charge is 0.468 e. The molecule has 0 fully saturated rings. The van der Waals surface area contributed by atoms with E-state index in [0.29, 0.717) is 0 Å². The average molecular weight is 253 g/mol. The van der Waals surface area contributed by atoms with Crippen LogP contribution < -0.4 is 0 Å². The van der Waals surface area contributed by atoms with E-state index < -0.39 is 23.1 Å². The molecule has 0 heterocycles. The fraction of sp³-hybridized carbons (Fsp3) is 0.300. The molecule has 0 spiro atoms. The number of carbonyl (C=O) groups is 1. The highest BCUT2D eigenvalue weighted by molar-refractivity contribution is 6.30. The van der Waals surface area contributed by atoms with Crippen LogP contribution >= 0.6 is 11.6 Å². The van der Waals surface area contributed by atoms with Gasteiger partial charge in [-0.25, -0.2) is 0 Å². The van der Waals surface area contributed by atoms with E-state index in [1.165, 1.54) is 12.1 Å². The smallest absolute Gasteiger partial charge is 0.416 e. The van der Waals surface area contributed by atoms with E-state index in [0.717, 1.165) is 19.2 Å². The van der Waals surface area contributed by atoms with Crippen molar-refractivity contribution >= 4 is 17.6 Å². The molecule has 88 valence electrons. The first kappa shape index (κ1) is 12.8. The summed E-state index contributed by atoms with van der Waals surface area (Å²) in [6.07, 6.45) is -4.54. The maximum atomic E-state index is 12.6. The first-order valence-corrected chi connectivity index (χ1v) is 4.69.